The van der Waals surface area contributed by atoms with Crippen LogP contribution < -0.4 is 54.0 Å². The average molecular weight is 1210 g/mol. The predicted molar refractivity (Wildman–Crippen MR) is 316 cm³/mol. The van der Waals surface area contributed by atoms with E-state index in [9.17, 15) is 62.3 Å². The van der Waals surface area contributed by atoms with Gasteiger partial charge in [0.15, 0.2) is 0 Å². The molecule has 12 N–H and O–H groups in total. The first-order chi connectivity index (χ1) is 41.3. The van der Waals surface area contributed by atoms with Crippen LogP contribution in [-0.4, -0.2) is 186 Å². The van der Waals surface area contributed by atoms with Crippen LogP contribution in [0.4, 0.5) is 30.6 Å². The van der Waals surface area contributed by atoms with Crippen LogP contribution in [0.5, 0.6) is 0 Å². The molecule has 13 amide bonds. The third-order valence-electron chi connectivity index (χ3n) is 12.9. The van der Waals surface area contributed by atoms with Crippen molar-refractivity contribution in [3.05, 3.63) is 71.8 Å². The first kappa shape index (κ1) is 72.4. The van der Waals surface area contributed by atoms with Gasteiger partial charge in [-0.1, -0.05) is 58.4 Å². The Labute approximate surface area is 506 Å². The Morgan fingerprint density at radius 1 is 0.540 bits per heavy atom. The lowest BCUT2D eigenvalue weighted by atomic mass is 10.0. The molecular formula is C56H78B2N12O17. The van der Waals surface area contributed by atoms with Crippen molar-refractivity contribution < 1.29 is 81.3 Å². The van der Waals surface area contributed by atoms with E-state index in [4.69, 9.17) is 46.1 Å². The highest BCUT2D eigenvalue weighted by Gasteiger charge is 2.31. The fraction of sp³-hybridized carbons (Fsp3) is 0.518. The van der Waals surface area contributed by atoms with E-state index in [2.05, 4.69) is 42.5 Å². The standard InChI is InChI=1S/C56H78B2N12O17/c1-34(2)47(51(78)65-40(10-8-23-61-55(59)82)49(76)63-38-17-13-36(14-18-38)30-86-53(57)80)67-42(71)32-84-28-26-69(44(73)12-6-5-7-25-70-45(74)21-22-46(70)75)27-29-85-33-43(72)68-48(35(3)4)52(79)66-41(11-9-24-62-56(60)83)50(77)64-39-19-15-37(16-20-39)31-87-54(58)81/h13-22,34-35,40-41,47-48H,5-12,23-33H2,1-4H3,(H,63,76)(H,64,77)(H,65,78)(H,66,79)(H,67,71)(H,68,72)(H3,59,61,82)(H3,60,62,83)/t40-,41-,47?,48?/m0/s1. The van der Waals surface area contributed by atoms with E-state index in [-0.39, 0.29) is 97.2 Å². The minimum Gasteiger partial charge on any atom is -0.470 e. The summed E-state index contributed by atoms with van der Waals surface area (Å²) in [4.78, 5) is 166. The number of unbranched alkanes of at least 4 members (excludes halogenated alkanes) is 2. The molecule has 4 atom stereocenters. The molecule has 0 aliphatic carbocycles. The van der Waals surface area contributed by atoms with Crippen molar-refractivity contribution in [3.63, 3.8) is 0 Å². The summed E-state index contributed by atoms with van der Waals surface area (Å²) in [6.07, 6.45) is 4.29. The van der Waals surface area contributed by atoms with E-state index in [1.807, 2.05) is 0 Å². The zero-order chi connectivity index (χ0) is 64.4. The van der Waals surface area contributed by atoms with Crippen molar-refractivity contribution in [3.8, 4) is 0 Å². The summed E-state index contributed by atoms with van der Waals surface area (Å²) in [6, 6.07) is 6.42. The highest BCUT2D eigenvalue weighted by Crippen LogP contribution is 2.16. The molecule has 2 aromatic carbocycles. The van der Waals surface area contributed by atoms with Crippen molar-refractivity contribution in [1.82, 2.24) is 41.7 Å². The van der Waals surface area contributed by atoms with Gasteiger partial charge in [-0.2, -0.15) is 0 Å². The third kappa shape index (κ3) is 29.2. The van der Waals surface area contributed by atoms with Crippen molar-refractivity contribution in [2.45, 2.75) is 116 Å². The van der Waals surface area contributed by atoms with E-state index in [0.717, 1.165) is 4.90 Å². The summed E-state index contributed by atoms with van der Waals surface area (Å²) in [5.41, 5.74) is 12.2. The minimum atomic E-state index is -1.15. The van der Waals surface area contributed by atoms with Gasteiger partial charge >= 0.3 is 12.1 Å². The number of hydrogen-bond donors (Lipinski definition) is 10. The van der Waals surface area contributed by atoms with E-state index >= 15 is 0 Å². The second-order valence-electron chi connectivity index (χ2n) is 20.6. The van der Waals surface area contributed by atoms with Gasteiger partial charge in [0, 0.05) is 62.7 Å². The van der Waals surface area contributed by atoms with Crippen molar-refractivity contribution in [1.29, 1.82) is 0 Å². The number of ether oxygens (including phenoxy) is 4. The summed E-state index contributed by atoms with van der Waals surface area (Å²) in [5, 5.41) is 20.9. The number of nitrogens with one attached hydrogen (secondary N) is 8. The summed E-state index contributed by atoms with van der Waals surface area (Å²) < 4.78 is 20.9. The van der Waals surface area contributed by atoms with Gasteiger partial charge in [-0.25, -0.2) is 9.59 Å². The number of anilines is 2. The van der Waals surface area contributed by atoms with Crippen LogP contribution in [0.15, 0.2) is 60.7 Å². The van der Waals surface area contributed by atoms with E-state index in [1.165, 1.54) is 17.1 Å². The van der Waals surface area contributed by atoms with Crippen LogP contribution in [-0.2, 0) is 75.3 Å². The first-order valence-electron chi connectivity index (χ1n) is 28.2. The second kappa shape index (κ2) is 39.0. The molecule has 4 radical (unpaired) electrons. The SMILES string of the molecule is [B]C(=O)OCc1ccc(NC(=O)[C@H](CCCNC(N)=O)NC(=O)C(NC(=O)COCCN(CCOCC(=O)NC(C(=O)N[C@@H](CCCNC(N)=O)C(=O)Nc2ccc(COC([B])=O)cc2)C(C)C)C(=O)CCCCCN2C(=O)C=CC2=O)C(C)C)cc1. The van der Waals surface area contributed by atoms with E-state index in [0.29, 0.717) is 41.8 Å². The molecule has 1 heterocycles. The Hall–Kier alpha value is -8.86. The number of benzene rings is 2. The highest BCUT2D eigenvalue weighted by molar-refractivity contribution is 6.55. The maximum atomic E-state index is 13.7. The summed E-state index contributed by atoms with van der Waals surface area (Å²) in [7, 11) is 10.1. The quantitative estimate of drug-likeness (QED) is 0.0245. The van der Waals surface area contributed by atoms with Gasteiger partial charge in [0.05, 0.1) is 13.2 Å². The summed E-state index contributed by atoms with van der Waals surface area (Å²) in [6.45, 7) is 5.33. The van der Waals surface area contributed by atoms with Crippen LogP contribution in [0.25, 0.3) is 0 Å². The lowest BCUT2D eigenvalue weighted by Gasteiger charge is -2.26. The monoisotopic (exact) mass is 1210 g/mol. The van der Waals surface area contributed by atoms with Crippen molar-refractivity contribution in [2.24, 2.45) is 23.3 Å². The molecule has 0 spiro atoms. The molecule has 470 valence electrons. The van der Waals surface area contributed by atoms with Gasteiger partial charge in [-0.3, -0.25) is 57.6 Å². The number of imide groups is 1. The van der Waals surface area contributed by atoms with Crippen LogP contribution in [0.1, 0.15) is 90.2 Å². The minimum absolute atomic E-state index is 0.0407. The number of rotatable bonds is 40. The molecule has 0 saturated heterocycles. The number of primary amides is 2. The third-order valence-corrected chi connectivity index (χ3v) is 12.9. The van der Waals surface area contributed by atoms with Crippen LogP contribution >= 0.6 is 0 Å². The Balaban J connectivity index is 1.63. The lowest BCUT2D eigenvalue weighted by Crippen LogP contribution is -2.55. The van der Waals surface area contributed by atoms with Gasteiger partial charge in [-0.15, -0.1) is 0 Å². The maximum absolute atomic E-state index is 13.7. The van der Waals surface area contributed by atoms with Gasteiger partial charge in [-0.05, 0) is 85.8 Å². The number of carbonyl (C=O) groups excluding carboxylic acids is 13. The number of carbonyl (C=O) groups is 13. The Morgan fingerprint density at radius 3 is 1.31 bits per heavy atom. The van der Waals surface area contributed by atoms with Crippen LogP contribution in [0.3, 0.4) is 0 Å². The average Bonchev–Trinajstić information content (AvgIpc) is 3.97. The van der Waals surface area contributed by atoms with Crippen LogP contribution in [0.2, 0.25) is 0 Å². The molecule has 0 bridgehead atoms. The Kier molecular flexibility index (Phi) is 32.4. The number of amides is 13. The van der Waals surface area contributed by atoms with Gasteiger partial charge in [0.2, 0.25) is 68.8 Å². The van der Waals surface area contributed by atoms with E-state index < -0.39 is 120 Å². The molecule has 87 heavy (non-hydrogen) atoms. The lowest BCUT2D eigenvalue weighted by molar-refractivity contribution is -0.138. The van der Waals surface area contributed by atoms with E-state index in [1.54, 1.807) is 76.2 Å². The van der Waals surface area contributed by atoms with Gasteiger partial charge in [0.1, 0.15) is 50.6 Å². The normalized spacial score (nSPS) is 13.1. The fourth-order valence-corrected chi connectivity index (χ4v) is 8.31. The predicted octanol–water partition coefficient (Wildman–Crippen LogP) is 0.369. The topological polar surface area (TPSA) is 414 Å². The molecule has 2 unspecified atom stereocenters. The number of nitrogens with two attached hydrogens (primary N) is 2. The van der Waals surface area contributed by atoms with Gasteiger partial charge in [0.25, 0.3) is 11.8 Å². The molecular weight excluding hydrogens is 1130 g/mol. The highest BCUT2D eigenvalue weighted by atomic mass is 16.5. The Morgan fingerprint density at radius 2 is 0.943 bits per heavy atom. The first-order valence-corrected chi connectivity index (χ1v) is 28.2. The maximum Gasteiger partial charge on any atom is 0.312 e. The number of hydrogen-bond acceptors (Lipinski definition) is 17. The molecule has 0 aromatic heterocycles. The molecule has 29 nitrogen and oxygen atoms in total. The molecule has 3 rings (SSSR count). The van der Waals surface area contributed by atoms with Crippen molar-refractivity contribution in [2.75, 3.05) is 69.8 Å². The summed E-state index contributed by atoms with van der Waals surface area (Å²) in [5.74, 6) is -8.09. The molecule has 31 heteroatoms. The largest absolute Gasteiger partial charge is 0.470 e. The fourth-order valence-electron chi connectivity index (χ4n) is 8.31. The van der Waals surface area contributed by atoms with Gasteiger partial charge < -0.3 is 77.8 Å². The molecule has 0 saturated carbocycles. The smallest absolute Gasteiger partial charge is 0.312 e. The summed E-state index contributed by atoms with van der Waals surface area (Å²) >= 11 is 0. The second-order valence-corrected chi connectivity index (χ2v) is 20.6. The zero-order valence-electron chi connectivity index (χ0n) is 49.3. The molecule has 2 aromatic rings. The number of urea groups is 2. The zero-order valence-corrected chi connectivity index (χ0v) is 49.3. The number of nitrogens with zero attached hydrogens (tertiary/aromatic N) is 2. The molecule has 1 aliphatic rings. The van der Waals surface area contributed by atoms with Crippen molar-refractivity contribution >= 4 is 104 Å². The molecule has 0 fully saturated rings. The molecule has 1 aliphatic heterocycles. The van der Waals surface area contributed by atoms with Crippen LogP contribution in [0, 0.1) is 11.8 Å². The Bertz CT molecular complexity index is 2550.